The summed E-state index contributed by atoms with van der Waals surface area (Å²) in [5.74, 6) is 0. The second kappa shape index (κ2) is 7.05. The molecular weight excluding hydrogens is 236 g/mol. The molecule has 1 saturated heterocycles. The van der Waals surface area contributed by atoms with Gasteiger partial charge in [0.15, 0.2) is 0 Å². The van der Waals surface area contributed by atoms with Crippen LogP contribution in [0.25, 0.3) is 0 Å². The van der Waals surface area contributed by atoms with E-state index in [-0.39, 0.29) is 11.0 Å². The third-order valence-electron chi connectivity index (χ3n) is 4.76. The monoisotopic (exact) mass is 270 g/mol. The highest BCUT2D eigenvalue weighted by Gasteiger charge is 2.36. The maximum Gasteiger partial charge on any atom is 0.0546 e. The van der Waals surface area contributed by atoms with E-state index in [9.17, 15) is 0 Å². The van der Waals surface area contributed by atoms with Crippen molar-refractivity contribution in [3.05, 3.63) is 0 Å². The molecule has 1 unspecified atom stereocenters. The fraction of sp³-hybridized carbons (Fsp3) is 1.00. The van der Waals surface area contributed by atoms with Crippen molar-refractivity contribution in [2.75, 3.05) is 33.4 Å². The maximum absolute atomic E-state index is 5.80. The molecule has 0 saturated carbocycles. The minimum Gasteiger partial charge on any atom is -0.381 e. The van der Waals surface area contributed by atoms with Gasteiger partial charge in [-0.2, -0.15) is 0 Å². The number of hydrogen-bond donors (Lipinski definition) is 1. The molecule has 0 aliphatic carbocycles. The molecule has 0 radical (unpaired) electrons. The lowest BCUT2D eigenvalue weighted by Gasteiger charge is -2.45. The fourth-order valence-electron chi connectivity index (χ4n) is 2.64. The van der Waals surface area contributed by atoms with Crippen LogP contribution in [0, 0.1) is 5.41 Å². The van der Waals surface area contributed by atoms with Crippen LogP contribution in [0.3, 0.4) is 0 Å². The van der Waals surface area contributed by atoms with Crippen molar-refractivity contribution < 1.29 is 4.74 Å². The Balaban J connectivity index is 2.68. The quantitative estimate of drug-likeness (QED) is 0.770. The molecule has 0 aromatic rings. The lowest BCUT2D eigenvalue weighted by atomic mass is 9.80. The van der Waals surface area contributed by atoms with Crippen molar-refractivity contribution in [2.45, 2.75) is 65.5 Å². The van der Waals surface area contributed by atoms with E-state index >= 15 is 0 Å². The Morgan fingerprint density at radius 3 is 2.53 bits per heavy atom. The van der Waals surface area contributed by atoms with Crippen LogP contribution in [-0.2, 0) is 4.74 Å². The molecule has 1 atom stereocenters. The third kappa shape index (κ3) is 5.05. The van der Waals surface area contributed by atoms with Crippen LogP contribution in [-0.4, -0.2) is 49.8 Å². The van der Waals surface area contributed by atoms with E-state index in [1.54, 1.807) is 0 Å². The van der Waals surface area contributed by atoms with E-state index in [0.717, 1.165) is 26.3 Å². The molecule has 0 aromatic carbocycles. The van der Waals surface area contributed by atoms with E-state index < -0.39 is 0 Å². The van der Waals surface area contributed by atoms with E-state index in [1.807, 2.05) is 0 Å². The first-order chi connectivity index (χ1) is 8.81. The lowest BCUT2D eigenvalue weighted by Crippen LogP contribution is -2.53. The Hall–Kier alpha value is -0.120. The normalized spacial score (nSPS) is 25.3. The van der Waals surface area contributed by atoms with Crippen molar-refractivity contribution in [1.29, 1.82) is 0 Å². The van der Waals surface area contributed by atoms with Crippen LogP contribution in [0.2, 0.25) is 0 Å². The Morgan fingerprint density at radius 2 is 2.05 bits per heavy atom. The van der Waals surface area contributed by atoms with Gasteiger partial charge in [-0.05, 0) is 40.2 Å². The maximum atomic E-state index is 5.80. The molecule has 1 N–H and O–H groups in total. The predicted molar refractivity (Wildman–Crippen MR) is 82.6 cm³/mol. The average molecular weight is 270 g/mol. The molecular formula is C16H34N2O. The van der Waals surface area contributed by atoms with Gasteiger partial charge in [-0.25, -0.2) is 0 Å². The Labute approximate surface area is 120 Å². The summed E-state index contributed by atoms with van der Waals surface area (Å²) in [5.41, 5.74) is 0.548. The van der Waals surface area contributed by atoms with Crippen molar-refractivity contribution in [1.82, 2.24) is 10.2 Å². The third-order valence-corrected chi connectivity index (χ3v) is 4.76. The predicted octanol–water partition coefficient (Wildman–Crippen LogP) is 2.90. The van der Waals surface area contributed by atoms with Gasteiger partial charge >= 0.3 is 0 Å². The summed E-state index contributed by atoms with van der Waals surface area (Å²) in [6.45, 7) is 15.4. The minimum absolute atomic E-state index is 0.266. The highest BCUT2D eigenvalue weighted by atomic mass is 16.5. The van der Waals surface area contributed by atoms with Gasteiger partial charge in [0.2, 0.25) is 0 Å². The number of rotatable bonds is 7. The Kier molecular flexibility index (Phi) is 6.28. The van der Waals surface area contributed by atoms with Crippen LogP contribution in [0.4, 0.5) is 0 Å². The second-order valence-corrected chi connectivity index (χ2v) is 7.21. The number of nitrogens with zero attached hydrogens (tertiary/aromatic N) is 1. The highest BCUT2D eigenvalue weighted by Crippen LogP contribution is 2.31. The molecule has 1 rings (SSSR count). The molecule has 1 fully saturated rings. The minimum atomic E-state index is 0.266. The standard InChI is InChI=1S/C16H34N2O/c1-7-15(4,5)18(6)12-16(11-17-14(2)3)9-8-10-19-13-16/h14,17H,7-13H2,1-6H3. The smallest absolute Gasteiger partial charge is 0.0546 e. The van der Waals surface area contributed by atoms with Crippen molar-refractivity contribution in [3.63, 3.8) is 0 Å². The summed E-state index contributed by atoms with van der Waals surface area (Å²) in [6, 6.07) is 0.545. The van der Waals surface area contributed by atoms with Crippen LogP contribution in [0.1, 0.15) is 53.9 Å². The molecule has 0 aromatic heterocycles. The molecule has 19 heavy (non-hydrogen) atoms. The van der Waals surface area contributed by atoms with Crippen molar-refractivity contribution in [3.8, 4) is 0 Å². The number of hydrogen-bond acceptors (Lipinski definition) is 3. The van der Waals surface area contributed by atoms with Crippen molar-refractivity contribution in [2.24, 2.45) is 5.41 Å². The van der Waals surface area contributed by atoms with E-state index in [2.05, 4.69) is 51.9 Å². The largest absolute Gasteiger partial charge is 0.381 e. The van der Waals surface area contributed by atoms with E-state index in [1.165, 1.54) is 19.3 Å². The molecule has 1 heterocycles. The van der Waals surface area contributed by atoms with Crippen molar-refractivity contribution >= 4 is 0 Å². The van der Waals surface area contributed by atoms with Gasteiger partial charge in [-0.3, -0.25) is 0 Å². The van der Waals surface area contributed by atoms with Crippen LogP contribution < -0.4 is 5.32 Å². The van der Waals surface area contributed by atoms with Gasteiger partial charge in [0, 0.05) is 36.7 Å². The zero-order valence-corrected chi connectivity index (χ0v) is 13.9. The summed E-state index contributed by atoms with van der Waals surface area (Å²) in [4.78, 5) is 2.52. The molecule has 3 nitrogen and oxygen atoms in total. The lowest BCUT2D eigenvalue weighted by molar-refractivity contribution is -0.0379. The van der Waals surface area contributed by atoms with Crippen LogP contribution in [0.15, 0.2) is 0 Å². The Morgan fingerprint density at radius 1 is 1.37 bits per heavy atom. The summed E-state index contributed by atoms with van der Waals surface area (Å²) in [6.07, 6.45) is 3.65. The van der Waals surface area contributed by atoms with Gasteiger partial charge in [-0.15, -0.1) is 0 Å². The topological polar surface area (TPSA) is 24.5 Å². The fourth-order valence-corrected chi connectivity index (χ4v) is 2.64. The van der Waals surface area contributed by atoms with Gasteiger partial charge in [0.25, 0.3) is 0 Å². The zero-order chi connectivity index (χ0) is 14.5. The first-order valence-corrected chi connectivity index (χ1v) is 7.84. The Bertz CT molecular complexity index is 257. The van der Waals surface area contributed by atoms with Crippen LogP contribution >= 0.6 is 0 Å². The average Bonchev–Trinajstić information content (AvgIpc) is 2.37. The molecule has 1 aliphatic heterocycles. The SMILES string of the molecule is CCC(C)(C)N(C)CC1(CNC(C)C)CCCOC1. The first-order valence-electron chi connectivity index (χ1n) is 7.84. The molecule has 0 bridgehead atoms. The van der Waals surface area contributed by atoms with Gasteiger partial charge in [0.1, 0.15) is 0 Å². The molecule has 0 spiro atoms. The second-order valence-electron chi connectivity index (χ2n) is 7.21. The number of nitrogens with one attached hydrogen (secondary N) is 1. The van der Waals surface area contributed by atoms with E-state index in [0.29, 0.717) is 6.04 Å². The summed E-state index contributed by atoms with van der Waals surface area (Å²) >= 11 is 0. The number of ether oxygens (including phenoxy) is 1. The van der Waals surface area contributed by atoms with Gasteiger partial charge < -0.3 is 15.0 Å². The zero-order valence-electron chi connectivity index (χ0n) is 13.9. The molecule has 3 heteroatoms. The highest BCUT2D eigenvalue weighted by molar-refractivity contribution is 4.90. The van der Waals surface area contributed by atoms with Crippen LogP contribution in [0.5, 0.6) is 0 Å². The molecule has 0 amide bonds. The van der Waals surface area contributed by atoms with Gasteiger partial charge in [0.05, 0.1) is 6.61 Å². The first kappa shape index (κ1) is 16.9. The summed E-state index contributed by atoms with van der Waals surface area (Å²) in [7, 11) is 2.26. The summed E-state index contributed by atoms with van der Waals surface area (Å²) < 4.78 is 5.80. The molecule has 1 aliphatic rings. The van der Waals surface area contributed by atoms with E-state index in [4.69, 9.17) is 4.74 Å². The van der Waals surface area contributed by atoms with Gasteiger partial charge in [-0.1, -0.05) is 20.8 Å². The summed E-state index contributed by atoms with van der Waals surface area (Å²) in [5, 5.41) is 3.62. The molecule has 114 valence electrons.